The molecule has 0 saturated heterocycles. The number of likely N-dealkylation sites (N-methyl/N-ethyl adjacent to an activating group) is 1. The summed E-state index contributed by atoms with van der Waals surface area (Å²) in [4.78, 5) is 24.9. The van der Waals surface area contributed by atoms with Gasteiger partial charge in [0, 0.05) is 28.6 Å². The SMILES string of the molecule is CN(c1cc[nH]c(=O)c1-c1nc2c(Br)cc(Br)cc2[nH]1)[C@@H](O)Cc1ccccc1. The minimum absolute atomic E-state index is 0.282. The molecule has 3 N–H and O–H groups in total. The number of hydrogen-bond donors (Lipinski definition) is 3. The van der Waals surface area contributed by atoms with Crippen molar-refractivity contribution in [3.63, 3.8) is 0 Å². The Labute approximate surface area is 183 Å². The van der Waals surface area contributed by atoms with Gasteiger partial charge in [-0.05, 0) is 39.7 Å². The fourth-order valence-electron chi connectivity index (χ4n) is 3.27. The van der Waals surface area contributed by atoms with Crippen molar-refractivity contribution in [2.75, 3.05) is 11.9 Å². The first-order valence-electron chi connectivity index (χ1n) is 8.95. The molecule has 0 aliphatic rings. The highest BCUT2D eigenvalue weighted by molar-refractivity contribution is 9.11. The summed E-state index contributed by atoms with van der Waals surface area (Å²) in [7, 11) is 1.76. The number of aliphatic hydroxyl groups excluding tert-OH is 1. The van der Waals surface area contributed by atoms with Crippen LogP contribution in [0.15, 0.2) is 68.5 Å². The topological polar surface area (TPSA) is 85.0 Å². The Morgan fingerprint density at radius 3 is 2.69 bits per heavy atom. The number of halogens is 2. The number of nitrogens with one attached hydrogen (secondary N) is 2. The number of pyridine rings is 1. The molecule has 4 rings (SSSR count). The Morgan fingerprint density at radius 2 is 1.93 bits per heavy atom. The van der Waals surface area contributed by atoms with E-state index in [0.29, 0.717) is 23.5 Å². The highest BCUT2D eigenvalue weighted by atomic mass is 79.9. The van der Waals surface area contributed by atoms with E-state index in [-0.39, 0.29) is 5.56 Å². The normalized spacial score (nSPS) is 12.3. The minimum Gasteiger partial charge on any atom is -0.373 e. The molecule has 0 aliphatic heterocycles. The first-order chi connectivity index (χ1) is 13.9. The molecule has 2 aromatic heterocycles. The number of benzene rings is 2. The van der Waals surface area contributed by atoms with Crippen molar-refractivity contribution in [2.45, 2.75) is 12.6 Å². The first-order valence-corrected chi connectivity index (χ1v) is 10.5. The predicted molar refractivity (Wildman–Crippen MR) is 122 cm³/mol. The Morgan fingerprint density at radius 1 is 1.17 bits per heavy atom. The van der Waals surface area contributed by atoms with Gasteiger partial charge in [0.15, 0.2) is 0 Å². The zero-order chi connectivity index (χ0) is 20.5. The molecule has 6 nitrogen and oxygen atoms in total. The number of H-pyrrole nitrogens is 2. The molecule has 4 aromatic rings. The molecular formula is C21H18Br2N4O2. The lowest BCUT2D eigenvalue weighted by Crippen LogP contribution is -2.34. The van der Waals surface area contributed by atoms with Crippen LogP contribution in [0.25, 0.3) is 22.4 Å². The molecule has 148 valence electrons. The number of fused-ring (bicyclic) bond motifs is 1. The van der Waals surface area contributed by atoms with Crippen molar-refractivity contribution in [1.29, 1.82) is 0 Å². The zero-order valence-corrected chi connectivity index (χ0v) is 18.7. The standard InChI is InChI=1S/C21H18Br2N4O2/c1-27(17(28)9-12-5-3-2-4-6-12)16-7-8-24-21(29)18(16)20-25-15-11-13(22)10-14(23)19(15)26-20/h2-8,10-11,17,28H,9H2,1H3,(H,24,29)(H,25,26)/t17-/m0/s1. The molecule has 2 aromatic carbocycles. The smallest absolute Gasteiger partial charge is 0.261 e. The average Bonchev–Trinajstić information content (AvgIpc) is 3.11. The Bertz CT molecular complexity index is 1220. The lowest BCUT2D eigenvalue weighted by molar-refractivity contribution is 0.175. The van der Waals surface area contributed by atoms with Gasteiger partial charge < -0.3 is 20.0 Å². The van der Waals surface area contributed by atoms with E-state index in [4.69, 9.17) is 0 Å². The van der Waals surface area contributed by atoms with Gasteiger partial charge in [0.2, 0.25) is 0 Å². The zero-order valence-electron chi connectivity index (χ0n) is 15.5. The van der Waals surface area contributed by atoms with Gasteiger partial charge in [-0.25, -0.2) is 4.98 Å². The summed E-state index contributed by atoms with van der Waals surface area (Å²) >= 11 is 6.98. The summed E-state index contributed by atoms with van der Waals surface area (Å²) in [6, 6.07) is 15.3. The van der Waals surface area contributed by atoms with Crippen LogP contribution in [0.5, 0.6) is 0 Å². The molecule has 0 spiro atoms. The van der Waals surface area contributed by atoms with Gasteiger partial charge in [0.1, 0.15) is 23.1 Å². The third-order valence-electron chi connectivity index (χ3n) is 4.77. The number of anilines is 1. The van der Waals surface area contributed by atoms with Crippen LogP contribution in [0.3, 0.4) is 0 Å². The largest absolute Gasteiger partial charge is 0.373 e. The van der Waals surface area contributed by atoms with Gasteiger partial charge in [-0.3, -0.25) is 4.79 Å². The fourth-order valence-corrected chi connectivity index (χ4v) is 4.59. The molecule has 0 bridgehead atoms. The second kappa shape index (κ2) is 8.14. The van der Waals surface area contributed by atoms with Crippen LogP contribution in [-0.2, 0) is 6.42 Å². The van der Waals surface area contributed by atoms with E-state index in [2.05, 4.69) is 46.8 Å². The molecule has 0 aliphatic carbocycles. The molecule has 1 atom stereocenters. The highest BCUT2D eigenvalue weighted by Crippen LogP contribution is 2.32. The summed E-state index contributed by atoms with van der Waals surface area (Å²) in [6.45, 7) is 0. The second-order valence-electron chi connectivity index (χ2n) is 6.72. The first kappa shape index (κ1) is 19.9. The number of aliphatic hydroxyl groups is 1. The second-order valence-corrected chi connectivity index (χ2v) is 8.49. The van der Waals surface area contributed by atoms with Crippen LogP contribution in [0, 0.1) is 0 Å². The van der Waals surface area contributed by atoms with Crippen LogP contribution < -0.4 is 10.5 Å². The van der Waals surface area contributed by atoms with Crippen LogP contribution in [0.4, 0.5) is 5.69 Å². The maximum absolute atomic E-state index is 12.7. The third kappa shape index (κ3) is 4.01. The van der Waals surface area contributed by atoms with Crippen LogP contribution in [0.1, 0.15) is 5.56 Å². The van der Waals surface area contributed by atoms with Crippen molar-refractivity contribution >= 4 is 48.6 Å². The van der Waals surface area contributed by atoms with Gasteiger partial charge >= 0.3 is 0 Å². The number of rotatable bonds is 5. The number of nitrogens with zero attached hydrogens (tertiary/aromatic N) is 2. The molecule has 0 radical (unpaired) electrons. The van der Waals surface area contributed by atoms with Crippen molar-refractivity contribution in [3.8, 4) is 11.4 Å². The van der Waals surface area contributed by atoms with Crippen molar-refractivity contribution in [3.05, 3.63) is 79.6 Å². The Hall–Kier alpha value is -2.42. The van der Waals surface area contributed by atoms with Crippen molar-refractivity contribution in [2.24, 2.45) is 0 Å². The maximum Gasteiger partial charge on any atom is 0.261 e. The van der Waals surface area contributed by atoms with E-state index in [1.165, 1.54) is 0 Å². The van der Waals surface area contributed by atoms with E-state index >= 15 is 0 Å². The predicted octanol–water partition coefficient (Wildman–Crippen LogP) is 4.44. The molecule has 2 heterocycles. The summed E-state index contributed by atoms with van der Waals surface area (Å²) in [5, 5.41) is 10.8. The van der Waals surface area contributed by atoms with E-state index < -0.39 is 6.23 Å². The van der Waals surface area contributed by atoms with E-state index in [0.717, 1.165) is 25.5 Å². The lowest BCUT2D eigenvalue weighted by Gasteiger charge is -2.27. The highest BCUT2D eigenvalue weighted by Gasteiger charge is 2.21. The molecular weight excluding hydrogens is 500 g/mol. The molecule has 0 saturated carbocycles. The van der Waals surface area contributed by atoms with E-state index in [1.807, 2.05) is 42.5 Å². The number of aromatic amines is 2. The minimum atomic E-state index is -0.803. The molecule has 8 heteroatoms. The molecule has 0 fully saturated rings. The average molecular weight is 518 g/mol. The van der Waals surface area contributed by atoms with Gasteiger partial charge in [0.25, 0.3) is 5.56 Å². The van der Waals surface area contributed by atoms with Gasteiger partial charge in [-0.2, -0.15) is 0 Å². The Kier molecular flexibility index (Phi) is 5.58. The number of aromatic nitrogens is 3. The summed E-state index contributed by atoms with van der Waals surface area (Å²) in [5.41, 5.74) is 3.21. The summed E-state index contributed by atoms with van der Waals surface area (Å²) < 4.78 is 1.71. The molecule has 0 unspecified atom stereocenters. The van der Waals surface area contributed by atoms with Crippen LogP contribution >= 0.6 is 31.9 Å². The van der Waals surface area contributed by atoms with Crippen molar-refractivity contribution in [1.82, 2.24) is 15.0 Å². The number of imidazole rings is 1. The monoisotopic (exact) mass is 516 g/mol. The van der Waals surface area contributed by atoms with Gasteiger partial charge in [-0.1, -0.05) is 46.3 Å². The molecule has 29 heavy (non-hydrogen) atoms. The van der Waals surface area contributed by atoms with Crippen molar-refractivity contribution < 1.29 is 5.11 Å². The quantitative estimate of drug-likeness (QED) is 0.342. The van der Waals surface area contributed by atoms with E-state index in [1.54, 1.807) is 24.2 Å². The van der Waals surface area contributed by atoms with E-state index in [9.17, 15) is 9.90 Å². The van der Waals surface area contributed by atoms with Gasteiger partial charge in [-0.15, -0.1) is 0 Å². The number of hydrogen-bond acceptors (Lipinski definition) is 4. The van der Waals surface area contributed by atoms with Crippen LogP contribution in [0.2, 0.25) is 0 Å². The summed E-state index contributed by atoms with van der Waals surface area (Å²) in [6.07, 6.45) is 1.20. The Balaban J connectivity index is 1.76. The van der Waals surface area contributed by atoms with Gasteiger partial charge in [0.05, 0.1) is 11.2 Å². The van der Waals surface area contributed by atoms with Crippen LogP contribution in [-0.4, -0.2) is 33.3 Å². The third-order valence-corrected chi connectivity index (χ3v) is 5.83. The molecule has 0 amide bonds. The fraction of sp³-hybridized carbons (Fsp3) is 0.143. The maximum atomic E-state index is 12.7. The lowest BCUT2D eigenvalue weighted by atomic mass is 10.1. The summed E-state index contributed by atoms with van der Waals surface area (Å²) in [5.74, 6) is 0.439.